The average Bonchev–Trinajstić information content (AvgIpc) is 3.26. The van der Waals surface area contributed by atoms with Crippen molar-refractivity contribution in [2.45, 2.75) is 26.9 Å². The van der Waals surface area contributed by atoms with Gasteiger partial charge >= 0.3 is 5.69 Å². The van der Waals surface area contributed by atoms with Crippen molar-refractivity contribution in [2.24, 2.45) is 5.73 Å². The minimum Gasteiger partial charge on any atom is -0.366 e. The first-order valence-electron chi connectivity index (χ1n) is 10.00. The first-order valence-corrected chi connectivity index (χ1v) is 10.00. The van der Waals surface area contributed by atoms with Crippen LogP contribution in [-0.4, -0.2) is 24.8 Å². The Morgan fingerprint density at radius 2 is 1.70 bits per heavy atom. The van der Waals surface area contributed by atoms with Gasteiger partial charge in [0.1, 0.15) is 23.8 Å². The number of nitrogens with zero attached hydrogens (tertiary/aromatic N) is 4. The van der Waals surface area contributed by atoms with E-state index in [0.717, 1.165) is 39.5 Å². The van der Waals surface area contributed by atoms with Crippen molar-refractivity contribution in [3.8, 4) is 5.69 Å². The van der Waals surface area contributed by atoms with Crippen molar-refractivity contribution < 1.29 is 18.0 Å². The van der Waals surface area contributed by atoms with Gasteiger partial charge in [-0.05, 0) is 38.1 Å². The number of carbonyl (C=O) groups is 1. The fourth-order valence-corrected chi connectivity index (χ4v) is 3.73. The molecule has 2 N–H and O–H groups in total. The van der Waals surface area contributed by atoms with E-state index in [0.29, 0.717) is 16.8 Å². The standard InChI is InChI=1S/C23H20F3N5O2/c1-13-8-17(22(27)32)14(2)30(13)10-15-6-7-16(9-21(15)26)31-23(33)29(12-28-31)11-18-19(24)4-3-5-20(18)25/h3-9,12H,10-11H2,1-2H3,(H2,27,32). The van der Waals surface area contributed by atoms with Crippen LogP contribution in [0.3, 0.4) is 0 Å². The molecule has 2 heterocycles. The van der Waals surface area contributed by atoms with Crippen LogP contribution in [0.2, 0.25) is 0 Å². The minimum absolute atomic E-state index is 0.160. The smallest absolute Gasteiger partial charge is 0.350 e. The molecule has 7 nitrogen and oxygen atoms in total. The van der Waals surface area contributed by atoms with E-state index in [1.807, 2.05) is 0 Å². The summed E-state index contributed by atoms with van der Waals surface area (Å²) in [4.78, 5) is 24.2. The summed E-state index contributed by atoms with van der Waals surface area (Å²) in [7, 11) is 0. The lowest BCUT2D eigenvalue weighted by Gasteiger charge is -2.11. The zero-order valence-corrected chi connectivity index (χ0v) is 17.8. The molecule has 4 rings (SSSR count). The van der Waals surface area contributed by atoms with Crippen molar-refractivity contribution in [1.29, 1.82) is 0 Å². The van der Waals surface area contributed by atoms with E-state index in [-0.39, 0.29) is 24.3 Å². The van der Waals surface area contributed by atoms with Crippen LogP contribution in [0.1, 0.15) is 32.9 Å². The third-order valence-electron chi connectivity index (χ3n) is 5.57. The van der Waals surface area contributed by atoms with Gasteiger partial charge in [-0.1, -0.05) is 12.1 Å². The lowest BCUT2D eigenvalue weighted by molar-refractivity contribution is 0.0999. The summed E-state index contributed by atoms with van der Waals surface area (Å²) < 4.78 is 46.5. The zero-order valence-electron chi connectivity index (χ0n) is 17.8. The normalized spacial score (nSPS) is 11.2. The average molecular weight is 455 g/mol. The lowest BCUT2D eigenvalue weighted by Crippen LogP contribution is -2.25. The minimum atomic E-state index is -0.778. The predicted molar refractivity (Wildman–Crippen MR) is 115 cm³/mol. The Labute approximate surface area is 186 Å². The highest BCUT2D eigenvalue weighted by Gasteiger charge is 2.17. The summed E-state index contributed by atoms with van der Waals surface area (Å²) in [6.07, 6.45) is 1.14. The fourth-order valence-electron chi connectivity index (χ4n) is 3.73. The summed E-state index contributed by atoms with van der Waals surface area (Å²) in [5.74, 6) is -2.70. The molecular weight excluding hydrogens is 435 g/mol. The molecule has 0 radical (unpaired) electrons. The van der Waals surface area contributed by atoms with Gasteiger partial charge in [-0.3, -0.25) is 9.36 Å². The van der Waals surface area contributed by atoms with Crippen LogP contribution in [-0.2, 0) is 13.1 Å². The van der Waals surface area contributed by atoms with Gasteiger partial charge in [-0.25, -0.2) is 18.0 Å². The molecule has 10 heteroatoms. The van der Waals surface area contributed by atoms with Crippen molar-refractivity contribution in [2.75, 3.05) is 0 Å². The van der Waals surface area contributed by atoms with E-state index in [1.54, 1.807) is 24.5 Å². The van der Waals surface area contributed by atoms with Crippen LogP contribution in [0.4, 0.5) is 13.2 Å². The SMILES string of the molecule is Cc1cc(C(N)=O)c(C)n1Cc1ccc(-n2ncn(Cc3c(F)cccc3F)c2=O)cc1F. The van der Waals surface area contributed by atoms with Gasteiger partial charge in [0.25, 0.3) is 5.91 Å². The van der Waals surface area contributed by atoms with Crippen molar-refractivity contribution >= 4 is 5.91 Å². The Hall–Kier alpha value is -4.08. The number of aromatic nitrogens is 4. The molecule has 0 atom stereocenters. The third-order valence-corrected chi connectivity index (χ3v) is 5.57. The molecule has 0 aliphatic rings. The number of halogens is 3. The van der Waals surface area contributed by atoms with E-state index >= 15 is 0 Å². The molecule has 0 fully saturated rings. The lowest BCUT2D eigenvalue weighted by atomic mass is 10.2. The molecule has 0 aliphatic carbocycles. The Bertz CT molecular complexity index is 1410. The van der Waals surface area contributed by atoms with E-state index in [1.165, 1.54) is 18.2 Å². The molecule has 2 aromatic carbocycles. The molecule has 0 aliphatic heterocycles. The third kappa shape index (κ3) is 4.07. The van der Waals surface area contributed by atoms with Gasteiger partial charge in [0.2, 0.25) is 0 Å². The first-order chi connectivity index (χ1) is 15.7. The monoisotopic (exact) mass is 455 g/mol. The summed E-state index contributed by atoms with van der Waals surface area (Å²) >= 11 is 0. The number of hydrogen-bond donors (Lipinski definition) is 1. The van der Waals surface area contributed by atoms with Crippen LogP contribution in [0, 0.1) is 31.3 Å². The predicted octanol–water partition coefficient (Wildman–Crippen LogP) is 3.07. The second-order valence-electron chi connectivity index (χ2n) is 7.66. The van der Waals surface area contributed by atoms with Crippen LogP contribution in [0.25, 0.3) is 5.69 Å². The highest BCUT2D eigenvalue weighted by Crippen LogP contribution is 2.20. The van der Waals surface area contributed by atoms with Gasteiger partial charge in [-0.15, -0.1) is 0 Å². The van der Waals surface area contributed by atoms with E-state index in [9.17, 15) is 22.8 Å². The molecule has 170 valence electrons. The van der Waals surface area contributed by atoms with Crippen molar-refractivity contribution in [3.63, 3.8) is 0 Å². The van der Waals surface area contributed by atoms with Crippen molar-refractivity contribution in [1.82, 2.24) is 18.9 Å². The van der Waals surface area contributed by atoms with Crippen molar-refractivity contribution in [3.05, 3.63) is 105 Å². The van der Waals surface area contributed by atoms with Gasteiger partial charge in [-0.2, -0.15) is 9.78 Å². The number of nitrogens with two attached hydrogens (primary N) is 1. The molecule has 2 aromatic heterocycles. The number of rotatable bonds is 6. The Morgan fingerprint density at radius 3 is 2.30 bits per heavy atom. The maximum absolute atomic E-state index is 14.9. The fraction of sp³-hybridized carbons (Fsp3) is 0.174. The zero-order chi connectivity index (χ0) is 23.9. The quantitative estimate of drug-likeness (QED) is 0.485. The van der Waals surface area contributed by atoms with Crippen LogP contribution >= 0.6 is 0 Å². The largest absolute Gasteiger partial charge is 0.366 e. The summed E-state index contributed by atoms with van der Waals surface area (Å²) in [6.45, 7) is 3.32. The molecule has 1 amide bonds. The highest BCUT2D eigenvalue weighted by atomic mass is 19.1. The molecule has 0 saturated heterocycles. The molecule has 0 bridgehead atoms. The first kappa shape index (κ1) is 22.1. The Morgan fingerprint density at radius 1 is 1.00 bits per heavy atom. The van der Waals surface area contributed by atoms with Gasteiger partial charge < -0.3 is 10.3 Å². The summed E-state index contributed by atoms with van der Waals surface area (Å²) in [6, 6.07) is 9.26. The number of carbonyl (C=O) groups excluding carboxylic acids is 1. The molecule has 4 aromatic rings. The molecule has 0 unspecified atom stereocenters. The maximum Gasteiger partial charge on any atom is 0.350 e. The Balaban J connectivity index is 1.62. The number of primary amides is 1. The molecule has 0 saturated carbocycles. The van der Waals surface area contributed by atoms with Gasteiger partial charge in [0.05, 0.1) is 24.3 Å². The Kier molecular flexibility index (Phi) is 5.67. The van der Waals surface area contributed by atoms with Crippen LogP contribution in [0.5, 0.6) is 0 Å². The number of hydrogen-bond acceptors (Lipinski definition) is 3. The number of benzene rings is 2. The number of aryl methyl sites for hydroxylation is 1. The van der Waals surface area contributed by atoms with E-state index < -0.39 is 29.0 Å². The highest BCUT2D eigenvalue weighted by molar-refractivity contribution is 5.94. The summed E-state index contributed by atoms with van der Waals surface area (Å²) in [5, 5.41) is 3.95. The number of amides is 1. The van der Waals surface area contributed by atoms with E-state index in [2.05, 4.69) is 5.10 Å². The van der Waals surface area contributed by atoms with Crippen LogP contribution < -0.4 is 11.4 Å². The van der Waals surface area contributed by atoms with Crippen LogP contribution in [0.15, 0.2) is 53.6 Å². The molecular formula is C23H20F3N5O2. The van der Waals surface area contributed by atoms with Gasteiger partial charge in [0, 0.05) is 28.6 Å². The van der Waals surface area contributed by atoms with Gasteiger partial charge in [0.15, 0.2) is 0 Å². The second kappa shape index (κ2) is 8.45. The topological polar surface area (TPSA) is 87.8 Å². The van der Waals surface area contributed by atoms with E-state index in [4.69, 9.17) is 5.73 Å². The second-order valence-corrected chi connectivity index (χ2v) is 7.66. The molecule has 33 heavy (non-hydrogen) atoms. The molecule has 0 spiro atoms. The maximum atomic E-state index is 14.9. The summed E-state index contributed by atoms with van der Waals surface area (Å²) in [5.41, 5.74) is 6.67.